The van der Waals surface area contributed by atoms with E-state index in [1.54, 1.807) is 63.5 Å². The molecule has 0 spiro atoms. The highest BCUT2D eigenvalue weighted by Gasteiger charge is 2.28. The van der Waals surface area contributed by atoms with Gasteiger partial charge in [-0.1, -0.05) is 19.3 Å². The molecule has 0 bridgehead atoms. The van der Waals surface area contributed by atoms with Crippen LogP contribution in [0.25, 0.3) is 17.0 Å². The van der Waals surface area contributed by atoms with Crippen LogP contribution in [0.4, 0.5) is 0 Å². The lowest BCUT2D eigenvalue weighted by Crippen LogP contribution is -2.40. The van der Waals surface area contributed by atoms with Crippen LogP contribution in [0.1, 0.15) is 82.8 Å². The van der Waals surface area contributed by atoms with Gasteiger partial charge in [0, 0.05) is 36.7 Å². The minimum Gasteiger partial charge on any atom is -0.389 e. The maximum atomic E-state index is 13.2. The molecule has 0 saturated heterocycles. The van der Waals surface area contributed by atoms with Crippen LogP contribution < -0.4 is 10.0 Å². The molecule has 0 atom stereocenters. The molecule has 38 heavy (non-hydrogen) atoms. The number of sulfonamides is 1. The zero-order chi connectivity index (χ0) is 27.9. The summed E-state index contributed by atoms with van der Waals surface area (Å²) < 4.78 is 33.1. The molecule has 208 valence electrons. The lowest BCUT2D eigenvalue weighted by atomic mass is 9.89. The van der Waals surface area contributed by atoms with Gasteiger partial charge in [0.2, 0.25) is 10.0 Å². The number of imidazole rings is 1. The van der Waals surface area contributed by atoms with E-state index in [9.17, 15) is 18.3 Å². The van der Waals surface area contributed by atoms with Gasteiger partial charge in [0.15, 0.2) is 5.65 Å². The highest BCUT2D eigenvalue weighted by molar-refractivity contribution is 7.89. The fraction of sp³-hybridized carbons (Fsp3) is 0.571. The number of carbonyl (C=O) groups is 1. The number of pyridine rings is 1. The van der Waals surface area contributed by atoms with Crippen molar-refractivity contribution in [2.45, 2.75) is 96.2 Å². The van der Waals surface area contributed by atoms with E-state index in [1.807, 2.05) is 13.0 Å². The van der Waals surface area contributed by atoms with Crippen LogP contribution in [0.3, 0.4) is 0 Å². The average molecular weight is 544 g/mol. The SMILES string of the molecule is Cc1c(C(=O)NCC(C)(C)O)cc(-c2ccc(S(=O)(=O)NC(C)(C)C)c3nccn23)n1CC1CCCCC1. The third kappa shape index (κ3) is 6.30. The van der Waals surface area contributed by atoms with Crippen molar-refractivity contribution < 1.29 is 18.3 Å². The minimum absolute atomic E-state index is 0.103. The van der Waals surface area contributed by atoms with Crippen molar-refractivity contribution in [3.8, 4) is 11.4 Å². The second-order valence-electron chi connectivity index (χ2n) is 12.2. The summed E-state index contributed by atoms with van der Waals surface area (Å²) in [4.78, 5) is 17.7. The summed E-state index contributed by atoms with van der Waals surface area (Å²) >= 11 is 0. The molecule has 0 aliphatic heterocycles. The van der Waals surface area contributed by atoms with E-state index >= 15 is 0 Å². The second kappa shape index (κ2) is 10.5. The molecule has 3 aromatic heterocycles. The van der Waals surface area contributed by atoms with E-state index in [0.29, 0.717) is 17.1 Å². The number of aliphatic hydroxyl groups is 1. The predicted octanol–water partition coefficient (Wildman–Crippen LogP) is 4.27. The Morgan fingerprint density at radius 3 is 2.42 bits per heavy atom. The fourth-order valence-electron chi connectivity index (χ4n) is 5.21. The molecular weight excluding hydrogens is 502 g/mol. The molecule has 9 nitrogen and oxygen atoms in total. The topological polar surface area (TPSA) is 118 Å². The number of fused-ring (bicyclic) bond motifs is 1. The van der Waals surface area contributed by atoms with Crippen LogP contribution in [-0.4, -0.2) is 51.1 Å². The van der Waals surface area contributed by atoms with Gasteiger partial charge in [-0.05, 0) is 78.5 Å². The van der Waals surface area contributed by atoms with Gasteiger partial charge in [0.1, 0.15) is 4.90 Å². The van der Waals surface area contributed by atoms with Crippen LogP contribution in [0.2, 0.25) is 0 Å². The maximum Gasteiger partial charge on any atom is 0.253 e. The number of nitrogens with one attached hydrogen (secondary N) is 2. The molecular formula is C28H41N5O4S. The molecule has 0 unspecified atom stereocenters. The van der Waals surface area contributed by atoms with Crippen LogP contribution in [-0.2, 0) is 16.6 Å². The Morgan fingerprint density at radius 2 is 1.79 bits per heavy atom. The van der Waals surface area contributed by atoms with Crippen LogP contribution in [0.15, 0.2) is 35.5 Å². The monoisotopic (exact) mass is 543 g/mol. The highest BCUT2D eigenvalue weighted by atomic mass is 32.2. The molecule has 10 heteroatoms. The summed E-state index contributed by atoms with van der Waals surface area (Å²) in [6, 6.07) is 5.25. The normalized spacial score (nSPS) is 15.8. The first-order chi connectivity index (χ1) is 17.7. The molecule has 3 N–H and O–H groups in total. The summed E-state index contributed by atoms with van der Waals surface area (Å²) in [7, 11) is -3.81. The molecule has 1 fully saturated rings. The van der Waals surface area contributed by atoms with Gasteiger partial charge < -0.3 is 15.0 Å². The van der Waals surface area contributed by atoms with Gasteiger partial charge in [-0.3, -0.25) is 9.20 Å². The minimum atomic E-state index is -3.81. The van der Waals surface area contributed by atoms with E-state index in [4.69, 9.17) is 0 Å². The lowest BCUT2D eigenvalue weighted by Gasteiger charge is -2.25. The molecule has 4 rings (SSSR count). The van der Waals surface area contributed by atoms with Crippen molar-refractivity contribution in [2.75, 3.05) is 6.54 Å². The van der Waals surface area contributed by atoms with Gasteiger partial charge in [0.25, 0.3) is 5.91 Å². The summed E-state index contributed by atoms with van der Waals surface area (Å²) in [5.41, 5.74) is 1.64. The molecule has 1 aliphatic rings. The quantitative estimate of drug-likeness (QED) is 0.392. The second-order valence-corrected chi connectivity index (χ2v) is 13.8. The Bertz CT molecular complexity index is 1420. The average Bonchev–Trinajstić information content (AvgIpc) is 3.41. The Morgan fingerprint density at radius 1 is 1.11 bits per heavy atom. The van der Waals surface area contributed by atoms with Gasteiger partial charge in [0.05, 0.1) is 22.6 Å². The Kier molecular flexibility index (Phi) is 7.80. The smallest absolute Gasteiger partial charge is 0.253 e. The standard InChI is InChI=1S/C28H41N5O4S/c1-19-21(26(34)30-18-28(5,6)35)16-23(33(19)17-20-10-8-7-9-11-20)22-12-13-24(25-29-14-15-32(22)25)38(36,37)31-27(2,3)4/h12-16,20,31,35H,7-11,17-18H2,1-6H3,(H,30,34). The summed E-state index contributed by atoms with van der Waals surface area (Å²) in [5.74, 6) is 0.263. The van der Waals surface area contributed by atoms with Crippen LogP contribution >= 0.6 is 0 Å². The molecule has 3 heterocycles. The van der Waals surface area contributed by atoms with Gasteiger partial charge in [-0.15, -0.1) is 0 Å². The Balaban J connectivity index is 1.82. The number of amides is 1. The number of aromatic nitrogens is 3. The fourth-order valence-corrected chi connectivity index (χ4v) is 6.76. The van der Waals surface area contributed by atoms with Crippen molar-refractivity contribution >= 4 is 21.6 Å². The first-order valence-corrected chi connectivity index (χ1v) is 14.9. The summed E-state index contributed by atoms with van der Waals surface area (Å²) in [6.45, 7) is 11.6. The molecule has 1 amide bonds. The van der Waals surface area contributed by atoms with Gasteiger partial charge in [-0.25, -0.2) is 18.1 Å². The van der Waals surface area contributed by atoms with Crippen molar-refractivity contribution in [1.29, 1.82) is 0 Å². The number of carbonyl (C=O) groups excluding carboxylic acids is 1. The lowest BCUT2D eigenvalue weighted by molar-refractivity contribution is 0.0694. The summed E-state index contributed by atoms with van der Waals surface area (Å²) in [5, 5.41) is 13.0. The van der Waals surface area contributed by atoms with E-state index in [0.717, 1.165) is 36.5 Å². The molecule has 1 aliphatic carbocycles. The van der Waals surface area contributed by atoms with E-state index < -0.39 is 21.2 Å². The molecule has 3 aromatic rings. The third-order valence-corrected chi connectivity index (χ3v) is 8.74. The van der Waals surface area contributed by atoms with Crippen molar-refractivity contribution in [1.82, 2.24) is 24.0 Å². The highest BCUT2D eigenvalue weighted by Crippen LogP contribution is 2.33. The van der Waals surface area contributed by atoms with E-state index in [-0.39, 0.29) is 17.3 Å². The van der Waals surface area contributed by atoms with E-state index in [2.05, 4.69) is 19.6 Å². The molecule has 0 radical (unpaired) electrons. The predicted molar refractivity (Wildman–Crippen MR) is 149 cm³/mol. The summed E-state index contributed by atoms with van der Waals surface area (Å²) in [6.07, 6.45) is 9.31. The zero-order valence-electron chi connectivity index (χ0n) is 23.3. The third-order valence-electron chi connectivity index (χ3n) is 6.96. The number of rotatable bonds is 8. The van der Waals surface area contributed by atoms with Crippen LogP contribution in [0, 0.1) is 12.8 Å². The Labute approximate surface area is 225 Å². The van der Waals surface area contributed by atoms with E-state index in [1.165, 1.54) is 19.3 Å². The van der Waals surface area contributed by atoms with Crippen molar-refractivity contribution in [3.63, 3.8) is 0 Å². The number of hydrogen-bond donors (Lipinski definition) is 3. The first-order valence-electron chi connectivity index (χ1n) is 13.4. The van der Waals surface area contributed by atoms with Crippen molar-refractivity contribution in [3.05, 3.63) is 41.9 Å². The molecule has 1 saturated carbocycles. The Hall–Kier alpha value is -2.69. The van der Waals surface area contributed by atoms with Crippen LogP contribution in [0.5, 0.6) is 0 Å². The number of hydrogen-bond acceptors (Lipinski definition) is 5. The zero-order valence-corrected chi connectivity index (χ0v) is 24.2. The van der Waals surface area contributed by atoms with Gasteiger partial charge in [-0.2, -0.15) is 0 Å². The number of nitrogens with zero attached hydrogens (tertiary/aromatic N) is 3. The van der Waals surface area contributed by atoms with Crippen molar-refractivity contribution in [2.24, 2.45) is 5.92 Å². The largest absolute Gasteiger partial charge is 0.389 e. The first kappa shape index (κ1) is 28.3. The van der Waals surface area contributed by atoms with Gasteiger partial charge >= 0.3 is 0 Å². The maximum absolute atomic E-state index is 13.2. The molecule has 0 aromatic carbocycles.